The summed E-state index contributed by atoms with van der Waals surface area (Å²) in [5.74, 6) is 5.07. The van der Waals surface area contributed by atoms with Gasteiger partial charge in [-0.1, -0.05) is 53.0 Å². The van der Waals surface area contributed by atoms with E-state index in [0.29, 0.717) is 15.0 Å². The molecule has 6 heteroatoms. The Hall–Kier alpha value is -1.87. The summed E-state index contributed by atoms with van der Waals surface area (Å²) in [7, 11) is 0. The highest BCUT2D eigenvalue weighted by atomic mass is 35.5. The molecule has 1 amide bonds. The van der Waals surface area contributed by atoms with Gasteiger partial charge >= 0.3 is 0 Å². The SMILES string of the molecule is O=C(Cc1ccccc1Cl)Nc1ncc(C#CCO)s1. The van der Waals surface area contributed by atoms with Crippen molar-refractivity contribution in [3.05, 3.63) is 45.9 Å². The predicted molar refractivity (Wildman–Crippen MR) is 79.9 cm³/mol. The molecule has 1 aromatic carbocycles. The number of carbonyl (C=O) groups is 1. The number of benzene rings is 1. The maximum Gasteiger partial charge on any atom is 0.230 e. The Morgan fingerprint density at radius 3 is 3.00 bits per heavy atom. The van der Waals surface area contributed by atoms with Crippen molar-refractivity contribution in [2.24, 2.45) is 0 Å². The van der Waals surface area contributed by atoms with Crippen LogP contribution >= 0.6 is 22.9 Å². The van der Waals surface area contributed by atoms with Crippen LogP contribution in [0.3, 0.4) is 0 Å². The second-order valence-corrected chi connectivity index (χ2v) is 5.24. The molecule has 2 N–H and O–H groups in total. The lowest BCUT2D eigenvalue weighted by Crippen LogP contribution is -2.14. The first-order valence-electron chi connectivity index (χ1n) is 5.78. The van der Waals surface area contributed by atoms with Gasteiger partial charge in [-0.2, -0.15) is 0 Å². The van der Waals surface area contributed by atoms with E-state index in [0.717, 1.165) is 5.56 Å². The second-order valence-electron chi connectivity index (χ2n) is 3.81. The van der Waals surface area contributed by atoms with E-state index in [9.17, 15) is 4.79 Å². The van der Waals surface area contributed by atoms with E-state index in [-0.39, 0.29) is 18.9 Å². The van der Waals surface area contributed by atoms with Crippen LogP contribution < -0.4 is 5.32 Å². The summed E-state index contributed by atoms with van der Waals surface area (Å²) < 4.78 is 0. The average molecular weight is 307 g/mol. The minimum absolute atomic E-state index is 0.186. The zero-order chi connectivity index (χ0) is 14.4. The minimum atomic E-state index is -0.202. The number of thiazole rings is 1. The van der Waals surface area contributed by atoms with Crippen molar-refractivity contribution in [3.63, 3.8) is 0 Å². The number of hydrogen-bond acceptors (Lipinski definition) is 4. The molecule has 0 aliphatic heterocycles. The normalized spacial score (nSPS) is 9.70. The molecule has 102 valence electrons. The van der Waals surface area contributed by atoms with E-state index >= 15 is 0 Å². The largest absolute Gasteiger partial charge is 0.384 e. The summed E-state index contributed by atoms with van der Waals surface area (Å²) in [4.78, 5) is 16.6. The van der Waals surface area contributed by atoms with Gasteiger partial charge in [0, 0.05) is 5.02 Å². The monoisotopic (exact) mass is 306 g/mol. The Morgan fingerprint density at radius 2 is 2.25 bits per heavy atom. The second kappa shape index (κ2) is 7.06. The summed E-state index contributed by atoms with van der Waals surface area (Å²) in [5.41, 5.74) is 0.767. The Labute approximate surface area is 125 Å². The van der Waals surface area contributed by atoms with Gasteiger partial charge in [0.2, 0.25) is 5.91 Å². The van der Waals surface area contributed by atoms with Crippen molar-refractivity contribution in [1.29, 1.82) is 0 Å². The summed E-state index contributed by atoms with van der Waals surface area (Å²) in [6, 6.07) is 7.20. The first-order valence-corrected chi connectivity index (χ1v) is 6.97. The lowest BCUT2D eigenvalue weighted by molar-refractivity contribution is -0.115. The number of anilines is 1. The van der Waals surface area contributed by atoms with Crippen molar-refractivity contribution < 1.29 is 9.90 Å². The van der Waals surface area contributed by atoms with Crippen LogP contribution in [-0.2, 0) is 11.2 Å². The van der Waals surface area contributed by atoms with Crippen LogP contribution in [0.1, 0.15) is 10.4 Å². The van der Waals surface area contributed by atoms with Gasteiger partial charge < -0.3 is 10.4 Å². The van der Waals surface area contributed by atoms with Gasteiger partial charge in [-0.05, 0) is 11.6 Å². The highest BCUT2D eigenvalue weighted by Crippen LogP contribution is 2.19. The quantitative estimate of drug-likeness (QED) is 0.856. The number of hydrogen-bond donors (Lipinski definition) is 2. The van der Waals surface area contributed by atoms with Crippen LogP contribution in [-0.4, -0.2) is 22.6 Å². The molecule has 2 aromatic rings. The molecule has 4 nitrogen and oxygen atoms in total. The molecule has 0 saturated carbocycles. The van der Waals surface area contributed by atoms with Gasteiger partial charge in [-0.3, -0.25) is 4.79 Å². The zero-order valence-electron chi connectivity index (χ0n) is 10.4. The standard InChI is InChI=1S/C14H11ClN2O2S/c15-12-6-2-1-4-10(12)8-13(19)17-14-16-9-11(20-14)5-3-7-18/h1-2,4,6,9,18H,7-8H2,(H,16,17,19). The predicted octanol–water partition coefficient (Wildman–Crippen LogP) is 2.32. The van der Waals surface area contributed by atoms with Gasteiger partial charge in [0.05, 0.1) is 17.5 Å². The molecule has 0 saturated heterocycles. The van der Waals surface area contributed by atoms with Crippen LogP contribution in [0, 0.1) is 11.8 Å². The molecule has 0 aliphatic rings. The molecule has 0 fully saturated rings. The Kier molecular flexibility index (Phi) is 5.13. The Balaban J connectivity index is 1.98. The molecule has 0 spiro atoms. The van der Waals surface area contributed by atoms with Gasteiger partial charge in [-0.25, -0.2) is 4.98 Å². The summed E-state index contributed by atoms with van der Waals surface area (Å²) >= 11 is 7.25. The van der Waals surface area contributed by atoms with E-state index in [4.69, 9.17) is 16.7 Å². The van der Waals surface area contributed by atoms with Gasteiger partial charge in [-0.15, -0.1) is 0 Å². The number of amides is 1. The molecule has 2 rings (SSSR count). The van der Waals surface area contributed by atoms with E-state index in [1.165, 1.54) is 11.3 Å². The maximum absolute atomic E-state index is 11.9. The van der Waals surface area contributed by atoms with E-state index in [1.807, 2.05) is 18.2 Å². The third-order valence-corrected chi connectivity index (χ3v) is 3.55. The highest BCUT2D eigenvalue weighted by molar-refractivity contribution is 7.16. The van der Waals surface area contributed by atoms with Crippen LogP contribution in [0.2, 0.25) is 5.02 Å². The van der Waals surface area contributed by atoms with Crippen molar-refractivity contribution >= 4 is 34.0 Å². The maximum atomic E-state index is 11.9. The molecule has 1 aromatic heterocycles. The molecule has 1 heterocycles. The molecular weight excluding hydrogens is 296 g/mol. The molecule has 20 heavy (non-hydrogen) atoms. The summed E-state index contributed by atoms with van der Waals surface area (Å²) in [6.07, 6.45) is 1.75. The average Bonchev–Trinajstić information content (AvgIpc) is 2.86. The van der Waals surface area contributed by atoms with Gasteiger partial charge in [0.25, 0.3) is 0 Å². The Morgan fingerprint density at radius 1 is 1.45 bits per heavy atom. The number of rotatable bonds is 3. The van der Waals surface area contributed by atoms with Crippen molar-refractivity contribution in [2.75, 3.05) is 11.9 Å². The van der Waals surface area contributed by atoms with Crippen LogP contribution in [0.15, 0.2) is 30.5 Å². The number of halogens is 1. The van der Waals surface area contributed by atoms with E-state index in [2.05, 4.69) is 22.1 Å². The minimum Gasteiger partial charge on any atom is -0.384 e. The van der Waals surface area contributed by atoms with Crippen molar-refractivity contribution in [3.8, 4) is 11.8 Å². The van der Waals surface area contributed by atoms with Crippen LogP contribution in [0.25, 0.3) is 0 Å². The number of nitrogens with zero attached hydrogens (tertiary/aromatic N) is 1. The van der Waals surface area contributed by atoms with E-state index in [1.54, 1.807) is 12.3 Å². The lowest BCUT2D eigenvalue weighted by atomic mass is 10.1. The lowest BCUT2D eigenvalue weighted by Gasteiger charge is -2.03. The molecule has 0 bridgehead atoms. The summed E-state index contributed by atoms with van der Waals surface area (Å²) in [5, 5.41) is 12.3. The van der Waals surface area contributed by atoms with Crippen molar-refractivity contribution in [2.45, 2.75) is 6.42 Å². The first kappa shape index (κ1) is 14.5. The smallest absolute Gasteiger partial charge is 0.230 e. The molecule has 0 aliphatic carbocycles. The number of carbonyl (C=O) groups excluding carboxylic acids is 1. The van der Waals surface area contributed by atoms with Gasteiger partial charge in [0.1, 0.15) is 6.61 Å². The third kappa shape index (κ3) is 4.07. The van der Waals surface area contributed by atoms with E-state index < -0.39 is 0 Å². The fourth-order valence-corrected chi connectivity index (χ4v) is 2.40. The summed E-state index contributed by atoms with van der Waals surface area (Å²) in [6.45, 7) is -0.202. The van der Waals surface area contributed by atoms with Crippen LogP contribution in [0.4, 0.5) is 5.13 Å². The fraction of sp³-hybridized carbons (Fsp3) is 0.143. The van der Waals surface area contributed by atoms with Gasteiger partial charge in [0.15, 0.2) is 5.13 Å². The molecule has 0 unspecified atom stereocenters. The number of aliphatic hydroxyl groups is 1. The molecule has 0 radical (unpaired) electrons. The number of aromatic nitrogens is 1. The van der Waals surface area contributed by atoms with Crippen LogP contribution in [0.5, 0.6) is 0 Å². The molecule has 0 atom stereocenters. The molecular formula is C14H11ClN2O2S. The third-order valence-electron chi connectivity index (χ3n) is 2.35. The number of aliphatic hydroxyl groups excluding tert-OH is 1. The van der Waals surface area contributed by atoms with Crippen molar-refractivity contribution in [1.82, 2.24) is 4.98 Å². The Bertz CT molecular complexity index is 673. The zero-order valence-corrected chi connectivity index (χ0v) is 12.0. The highest BCUT2D eigenvalue weighted by Gasteiger charge is 2.09. The number of nitrogens with one attached hydrogen (secondary N) is 1. The topological polar surface area (TPSA) is 62.2 Å². The fourth-order valence-electron chi connectivity index (χ4n) is 1.49. The first-order chi connectivity index (χ1) is 9.69.